The predicted octanol–water partition coefficient (Wildman–Crippen LogP) is 2.65. The lowest BCUT2D eigenvalue weighted by Gasteiger charge is -1.99. The minimum absolute atomic E-state index is 0.223. The number of halogens is 1. The fourth-order valence-corrected chi connectivity index (χ4v) is 1.96. The van der Waals surface area contributed by atoms with Crippen LogP contribution in [0.15, 0.2) is 59.5 Å². The van der Waals surface area contributed by atoms with Crippen LogP contribution in [-0.4, -0.2) is 16.7 Å². The molecule has 1 aliphatic heterocycles. The van der Waals surface area contributed by atoms with Gasteiger partial charge in [-0.1, -0.05) is 17.7 Å². The first-order valence-corrected chi connectivity index (χ1v) is 6.38. The number of aromatic nitrogens is 1. The number of nitrogens with zero attached hydrogens (tertiary/aromatic N) is 2. The molecule has 3 rings (SSSR count). The number of hydrogen-bond donors (Lipinski definition) is 1. The van der Waals surface area contributed by atoms with E-state index in [4.69, 9.17) is 11.6 Å². The van der Waals surface area contributed by atoms with Gasteiger partial charge in [-0.15, -0.1) is 0 Å². The Morgan fingerprint density at radius 1 is 1.15 bits per heavy atom. The first-order chi connectivity index (χ1) is 9.72. The highest BCUT2D eigenvalue weighted by Gasteiger charge is 2.20. The van der Waals surface area contributed by atoms with Crippen molar-refractivity contribution in [3.63, 3.8) is 0 Å². The number of nitrogens with one attached hydrogen (secondary N) is 1. The number of carbonyl (C=O) groups excluding carboxylic acids is 1. The van der Waals surface area contributed by atoms with Gasteiger partial charge in [-0.2, -0.15) is 0 Å². The van der Waals surface area contributed by atoms with Crippen molar-refractivity contribution >= 4 is 29.4 Å². The van der Waals surface area contributed by atoms with E-state index in [-0.39, 0.29) is 5.91 Å². The van der Waals surface area contributed by atoms with Gasteiger partial charge in [0.2, 0.25) is 0 Å². The number of rotatable bonds is 2. The molecular weight excluding hydrogens is 274 g/mol. The smallest absolute Gasteiger partial charge is 0.275 e. The van der Waals surface area contributed by atoms with Crippen LogP contribution in [0.5, 0.6) is 0 Å². The molecule has 2 heterocycles. The number of carbonyl (C=O) groups is 1. The molecule has 0 saturated carbocycles. The first kappa shape index (κ1) is 12.6. The monoisotopic (exact) mass is 283 g/mol. The fraction of sp³-hybridized carbons (Fsp3) is 0. The highest BCUT2D eigenvalue weighted by molar-refractivity contribution is 6.30. The second-order valence-electron chi connectivity index (χ2n) is 4.24. The van der Waals surface area contributed by atoms with Crippen molar-refractivity contribution in [3.8, 4) is 0 Å². The van der Waals surface area contributed by atoms with Crippen molar-refractivity contribution in [2.24, 2.45) is 4.99 Å². The molecule has 1 N–H and O–H groups in total. The molecule has 20 heavy (non-hydrogen) atoms. The maximum absolute atomic E-state index is 11.9. The summed E-state index contributed by atoms with van der Waals surface area (Å²) in [6, 6.07) is 10.8. The molecule has 0 bridgehead atoms. The van der Waals surface area contributed by atoms with Gasteiger partial charge >= 0.3 is 0 Å². The van der Waals surface area contributed by atoms with Crippen molar-refractivity contribution in [3.05, 3.63) is 70.6 Å². The average molecular weight is 284 g/mol. The molecule has 1 amide bonds. The van der Waals surface area contributed by atoms with Gasteiger partial charge in [-0.25, -0.2) is 4.99 Å². The van der Waals surface area contributed by atoms with E-state index in [0.29, 0.717) is 16.6 Å². The summed E-state index contributed by atoms with van der Waals surface area (Å²) >= 11 is 5.84. The topological polar surface area (TPSA) is 54.4 Å². The van der Waals surface area contributed by atoms with Gasteiger partial charge < -0.3 is 5.32 Å². The summed E-state index contributed by atoms with van der Waals surface area (Å²) in [5, 5.41) is 3.38. The van der Waals surface area contributed by atoms with Gasteiger partial charge in [0.1, 0.15) is 11.5 Å². The van der Waals surface area contributed by atoms with Crippen LogP contribution in [0, 0.1) is 0 Å². The average Bonchev–Trinajstić information content (AvgIpc) is 2.82. The maximum atomic E-state index is 11.9. The van der Waals surface area contributed by atoms with Gasteiger partial charge in [-0.3, -0.25) is 9.78 Å². The van der Waals surface area contributed by atoms with Crippen LogP contribution in [0.25, 0.3) is 6.08 Å². The summed E-state index contributed by atoms with van der Waals surface area (Å²) in [6.07, 6.45) is 5.06. The van der Waals surface area contributed by atoms with E-state index >= 15 is 0 Å². The summed E-state index contributed by atoms with van der Waals surface area (Å²) in [4.78, 5) is 20.2. The van der Waals surface area contributed by atoms with Crippen molar-refractivity contribution < 1.29 is 4.79 Å². The van der Waals surface area contributed by atoms with Crippen LogP contribution in [0.4, 0.5) is 0 Å². The van der Waals surface area contributed by atoms with E-state index in [1.807, 2.05) is 24.3 Å². The minimum atomic E-state index is -0.223. The Balaban J connectivity index is 1.93. The molecule has 1 aromatic carbocycles. The molecule has 1 aromatic heterocycles. The molecule has 0 spiro atoms. The number of pyridine rings is 1. The van der Waals surface area contributed by atoms with E-state index in [0.717, 1.165) is 11.1 Å². The minimum Gasteiger partial charge on any atom is -0.305 e. The molecule has 0 saturated heterocycles. The summed E-state index contributed by atoms with van der Waals surface area (Å²) < 4.78 is 0. The molecule has 1 aliphatic rings. The zero-order chi connectivity index (χ0) is 13.9. The molecular formula is C15H10ClN3O. The lowest BCUT2D eigenvalue weighted by molar-refractivity contribution is -0.115. The predicted molar refractivity (Wildman–Crippen MR) is 78.3 cm³/mol. The lowest BCUT2D eigenvalue weighted by atomic mass is 10.2. The molecule has 4 nitrogen and oxygen atoms in total. The van der Waals surface area contributed by atoms with E-state index in [2.05, 4.69) is 15.3 Å². The van der Waals surface area contributed by atoms with Crippen molar-refractivity contribution in [1.82, 2.24) is 10.3 Å². The number of hydrogen-bond acceptors (Lipinski definition) is 3. The van der Waals surface area contributed by atoms with Gasteiger partial charge in [-0.05, 0) is 42.0 Å². The molecule has 0 fully saturated rings. The van der Waals surface area contributed by atoms with Gasteiger partial charge in [0.05, 0.1) is 0 Å². The summed E-state index contributed by atoms with van der Waals surface area (Å²) in [5.41, 5.74) is 2.01. The molecule has 98 valence electrons. The van der Waals surface area contributed by atoms with Crippen molar-refractivity contribution in [2.75, 3.05) is 0 Å². The Morgan fingerprint density at radius 2 is 1.95 bits per heavy atom. The van der Waals surface area contributed by atoms with Gasteiger partial charge in [0.25, 0.3) is 5.91 Å². The quantitative estimate of drug-likeness (QED) is 0.862. The van der Waals surface area contributed by atoms with Gasteiger partial charge in [0, 0.05) is 23.0 Å². The summed E-state index contributed by atoms with van der Waals surface area (Å²) in [7, 11) is 0. The van der Waals surface area contributed by atoms with E-state index in [1.54, 1.807) is 30.6 Å². The van der Waals surface area contributed by atoms with Crippen LogP contribution < -0.4 is 5.32 Å². The molecule has 0 atom stereocenters. The van der Waals surface area contributed by atoms with Crippen LogP contribution in [0.2, 0.25) is 5.02 Å². The zero-order valence-corrected chi connectivity index (χ0v) is 11.1. The maximum Gasteiger partial charge on any atom is 0.275 e. The number of amides is 1. The van der Waals surface area contributed by atoms with Crippen molar-refractivity contribution in [1.29, 1.82) is 0 Å². The number of aliphatic imine (C=N–C) groups is 1. The number of amidine groups is 1. The van der Waals surface area contributed by atoms with Gasteiger partial charge in [0.15, 0.2) is 0 Å². The number of benzene rings is 1. The summed E-state index contributed by atoms with van der Waals surface area (Å²) in [6.45, 7) is 0. The van der Waals surface area contributed by atoms with Crippen LogP contribution in [-0.2, 0) is 4.79 Å². The van der Waals surface area contributed by atoms with Crippen LogP contribution >= 0.6 is 11.6 Å². The Hall–Kier alpha value is -2.46. The molecule has 0 unspecified atom stereocenters. The Kier molecular flexibility index (Phi) is 3.31. The lowest BCUT2D eigenvalue weighted by Crippen LogP contribution is -2.24. The Morgan fingerprint density at radius 3 is 2.65 bits per heavy atom. The molecule has 0 radical (unpaired) electrons. The highest BCUT2D eigenvalue weighted by Crippen LogP contribution is 2.16. The first-order valence-electron chi connectivity index (χ1n) is 6.00. The Bertz CT molecular complexity index is 706. The summed E-state index contributed by atoms with van der Waals surface area (Å²) in [5.74, 6) is 0.306. The fourth-order valence-electron chi connectivity index (χ4n) is 1.83. The third-order valence-corrected chi connectivity index (χ3v) is 3.05. The molecule has 2 aromatic rings. The van der Waals surface area contributed by atoms with Crippen molar-refractivity contribution in [2.45, 2.75) is 0 Å². The highest BCUT2D eigenvalue weighted by atomic mass is 35.5. The van der Waals surface area contributed by atoms with Crippen LogP contribution in [0.1, 0.15) is 11.1 Å². The second kappa shape index (κ2) is 5.27. The molecule has 5 heteroatoms. The third-order valence-electron chi connectivity index (χ3n) is 2.80. The third kappa shape index (κ3) is 2.60. The van der Waals surface area contributed by atoms with E-state index in [9.17, 15) is 4.79 Å². The second-order valence-corrected chi connectivity index (χ2v) is 4.67. The zero-order valence-electron chi connectivity index (χ0n) is 10.4. The van der Waals surface area contributed by atoms with E-state index < -0.39 is 0 Å². The van der Waals surface area contributed by atoms with E-state index in [1.165, 1.54) is 0 Å². The normalized spacial score (nSPS) is 16.1. The SMILES string of the molecule is O=C1NC(c2ccc(Cl)cc2)=N/C1=C/c1cccnc1. The standard InChI is InChI=1S/C15H10ClN3O/c16-12-5-3-11(4-6-12)14-18-13(15(20)19-14)8-10-2-1-7-17-9-10/h1-9H,(H,18,19,20)/b13-8+. The van der Waals surface area contributed by atoms with Crippen LogP contribution in [0.3, 0.4) is 0 Å². The molecule has 0 aliphatic carbocycles. The Labute approximate surface area is 120 Å². The largest absolute Gasteiger partial charge is 0.305 e.